The van der Waals surface area contributed by atoms with E-state index in [4.69, 9.17) is 9.84 Å². The van der Waals surface area contributed by atoms with Crippen LogP contribution in [-0.2, 0) is 4.74 Å². The van der Waals surface area contributed by atoms with Gasteiger partial charge in [-0.3, -0.25) is 14.3 Å². The number of H-pyrrole nitrogens is 1. The van der Waals surface area contributed by atoms with Crippen LogP contribution in [0.15, 0.2) is 94.6 Å². The molecule has 1 fully saturated rings. The summed E-state index contributed by atoms with van der Waals surface area (Å²) in [5, 5.41) is 39.0. The molecule has 0 spiro atoms. The molecule has 186 valence electrons. The van der Waals surface area contributed by atoms with Crippen LogP contribution in [0.2, 0.25) is 0 Å². The second-order valence-corrected chi connectivity index (χ2v) is 9.16. The molecule has 37 heavy (non-hydrogen) atoms. The third kappa shape index (κ3) is 3.78. The Morgan fingerprint density at radius 2 is 1.22 bits per heavy atom. The lowest BCUT2D eigenvalue weighted by molar-refractivity contribution is -0.0550. The molecule has 8 nitrogen and oxygen atoms in total. The van der Waals surface area contributed by atoms with Crippen LogP contribution in [-0.4, -0.2) is 49.8 Å². The van der Waals surface area contributed by atoms with E-state index in [1.165, 1.54) is 43.1 Å². The number of fused-ring (bicyclic) bond motifs is 2. The molecule has 1 aliphatic rings. The van der Waals surface area contributed by atoms with Gasteiger partial charge in [0.2, 0.25) is 0 Å². The molecule has 1 saturated heterocycles. The number of aliphatic hydroxyl groups is 3. The van der Waals surface area contributed by atoms with Gasteiger partial charge < -0.3 is 20.1 Å². The highest BCUT2D eigenvalue weighted by Gasteiger charge is 2.43. The summed E-state index contributed by atoms with van der Waals surface area (Å²) < 4.78 is 6.08. The summed E-state index contributed by atoms with van der Waals surface area (Å²) in [5.41, 5.74) is -1.33. The van der Waals surface area contributed by atoms with Gasteiger partial charge in [0.15, 0.2) is 6.23 Å². The SMILES string of the molecule is O=c1ccn([C@@H]2O[C@H](CO)[C@@H](O)[C@H]2O)c(=O)[nH]1.c1cc2cccc3c4cccc5cccc(c(c1)c23)c54. The molecule has 1 aromatic heterocycles. The Hall–Kier alpha value is -4.08. The Labute approximate surface area is 209 Å². The number of hydrogen-bond acceptors (Lipinski definition) is 6. The number of nitrogens with zero attached hydrogens (tertiary/aromatic N) is 1. The molecule has 7 rings (SSSR count). The Bertz CT molecular complexity index is 1690. The lowest BCUT2D eigenvalue weighted by Gasteiger charge is -2.16. The molecule has 0 radical (unpaired) electrons. The minimum Gasteiger partial charge on any atom is -0.394 e. The molecular weight excluding hydrogens is 472 g/mol. The van der Waals surface area contributed by atoms with Crippen molar-refractivity contribution in [1.82, 2.24) is 9.55 Å². The minimum atomic E-state index is -1.35. The van der Waals surface area contributed by atoms with Crippen LogP contribution in [0.25, 0.3) is 43.1 Å². The third-order valence-electron chi connectivity index (χ3n) is 7.03. The maximum absolute atomic E-state index is 11.4. The van der Waals surface area contributed by atoms with Crippen LogP contribution < -0.4 is 11.2 Å². The van der Waals surface area contributed by atoms with E-state index < -0.39 is 42.4 Å². The van der Waals surface area contributed by atoms with Crippen LogP contribution in [0.4, 0.5) is 0 Å². The van der Waals surface area contributed by atoms with E-state index in [0.29, 0.717) is 0 Å². The maximum atomic E-state index is 11.4. The number of benzene rings is 5. The van der Waals surface area contributed by atoms with Crippen molar-refractivity contribution in [2.45, 2.75) is 24.5 Å². The predicted octanol–water partition coefficient (Wildman–Crippen LogP) is 2.89. The third-order valence-corrected chi connectivity index (χ3v) is 7.03. The number of aliphatic hydroxyl groups excluding tert-OH is 3. The number of rotatable bonds is 2. The van der Waals surface area contributed by atoms with Crippen molar-refractivity contribution in [3.63, 3.8) is 0 Å². The van der Waals surface area contributed by atoms with E-state index >= 15 is 0 Å². The second kappa shape index (κ2) is 9.10. The van der Waals surface area contributed by atoms with Crippen LogP contribution in [0.5, 0.6) is 0 Å². The standard InChI is InChI=1S/C20H12.C9H12N2O6/c1-5-13-6-2-11-17-18-12-4-8-14-7-3-10-16(20(14)18)15(9-1)19(13)17;12-3-4-6(14)7(15)8(17-4)11-2-1-5(13)10-9(11)16/h1-12H;1-2,4,6-8,12,14-15H,3H2,(H,10,13,16)/t;4-,6-,7-,8-/m.1/s1. The fraction of sp³-hybridized carbons (Fsp3) is 0.172. The van der Waals surface area contributed by atoms with Gasteiger partial charge in [-0.15, -0.1) is 0 Å². The molecular formula is C29H24N2O6. The van der Waals surface area contributed by atoms with E-state index in [1.54, 1.807) is 0 Å². The van der Waals surface area contributed by atoms with Gasteiger partial charge in [-0.2, -0.15) is 0 Å². The van der Waals surface area contributed by atoms with Crippen molar-refractivity contribution >= 4 is 43.1 Å². The largest absolute Gasteiger partial charge is 0.394 e. The summed E-state index contributed by atoms with van der Waals surface area (Å²) in [7, 11) is 0. The molecule has 0 bridgehead atoms. The summed E-state index contributed by atoms with van der Waals surface area (Å²) in [6.45, 7) is -0.479. The van der Waals surface area contributed by atoms with E-state index in [1.807, 2.05) is 4.98 Å². The van der Waals surface area contributed by atoms with Gasteiger partial charge in [0.25, 0.3) is 5.56 Å². The van der Waals surface area contributed by atoms with Gasteiger partial charge in [0.05, 0.1) is 6.61 Å². The van der Waals surface area contributed by atoms with Crippen molar-refractivity contribution in [3.05, 3.63) is 106 Å². The number of aromatic amines is 1. The fourth-order valence-electron chi connectivity index (χ4n) is 5.32. The van der Waals surface area contributed by atoms with Crippen molar-refractivity contribution in [2.75, 3.05) is 6.61 Å². The Morgan fingerprint density at radius 1 is 0.730 bits per heavy atom. The Morgan fingerprint density at radius 3 is 1.62 bits per heavy atom. The van der Waals surface area contributed by atoms with Crippen molar-refractivity contribution in [2.24, 2.45) is 0 Å². The smallest absolute Gasteiger partial charge is 0.330 e. The average molecular weight is 497 g/mol. The molecule has 8 heteroatoms. The monoisotopic (exact) mass is 496 g/mol. The van der Waals surface area contributed by atoms with Gasteiger partial charge >= 0.3 is 5.69 Å². The molecule has 2 heterocycles. The molecule has 4 atom stereocenters. The molecule has 1 aliphatic heterocycles. The fourth-order valence-corrected chi connectivity index (χ4v) is 5.32. The van der Waals surface area contributed by atoms with Gasteiger partial charge in [-0.25, -0.2) is 4.79 Å². The molecule has 6 aromatic rings. The topological polar surface area (TPSA) is 125 Å². The number of nitrogens with one attached hydrogen (secondary N) is 1. The van der Waals surface area contributed by atoms with E-state index in [2.05, 4.69) is 72.8 Å². The average Bonchev–Trinajstić information content (AvgIpc) is 3.20. The summed E-state index contributed by atoms with van der Waals surface area (Å²) in [6.07, 6.45) is -3.58. The molecule has 0 aliphatic carbocycles. The summed E-state index contributed by atoms with van der Waals surface area (Å²) in [5.74, 6) is 0. The quantitative estimate of drug-likeness (QED) is 0.216. The zero-order valence-corrected chi connectivity index (χ0v) is 19.6. The van der Waals surface area contributed by atoms with E-state index in [0.717, 1.165) is 16.8 Å². The molecule has 0 amide bonds. The number of hydrogen-bond donors (Lipinski definition) is 4. The zero-order valence-electron chi connectivity index (χ0n) is 19.6. The summed E-state index contributed by atoms with van der Waals surface area (Å²) in [4.78, 5) is 24.3. The highest BCUT2D eigenvalue weighted by Crippen LogP contribution is 2.39. The minimum absolute atomic E-state index is 0.479. The normalized spacial score (nSPS) is 21.6. The first-order valence-corrected chi connectivity index (χ1v) is 12.0. The van der Waals surface area contributed by atoms with E-state index in [-0.39, 0.29) is 0 Å². The highest BCUT2D eigenvalue weighted by molar-refractivity contribution is 6.32. The summed E-state index contributed by atoms with van der Waals surface area (Å²) >= 11 is 0. The first-order valence-electron chi connectivity index (χ1n) is 12.0. The first-order chi connectivity index (χ1) is 18.0. The molecule has 4 N–H and O–H groups in total. The van der Waals surface area contributed by atoms with E-state index in [9.17, 15) is 19.8 Å². The van der Waals surface area contributed by atoms with Crippen LogP contribution in [0.1, 0.15) is 6.23 Å². The summed E-state index contributed by atoms with van der Waals surface area (Å²) in [6, 6.07) is 27.5. The van der Waals surface area contributed by atoms with Crippen molar-refractivity contribution in [3.8, 4) is 0 Å². The Balaban J connectivity index is 0.000000139. The zero-order chi connectivity index (χ0) is 25.7. The Kier molecular flexibility index (Phi) is 5.73. The maximum Gasteiger partial charge on any atom is 0.330 e. The predicted molar refractivity (Wildman–Crippen MR) is 142 cm³/mol. The second-order valence-electron chi connectivity index (χ2n) is 9.16. The number of aromatic nitrogens is 2. The number of ether oxygens (including phenoxy) is 1. The van der Waals surface area contributed by atoms with Crippen molar-refractivity contribution in [1.29, 1.82) is 0 Å². The van der Waals surface area contributed by atoms with Crippen LogP contribution in [0, 0.1) is 0 Å². The molecule has 0 saturated carbocycles. The lowest BCUT2D eigenvalue weighted by atomic mass is 9.90. The van der Waals surface area contributed by atoms with Crippen LogP contribution >= 0.6 is 0 Å². The van der Waals surface area contributed by atoms with Gasteiger partial charge in [0.1, 0.15) is 18.3 Å². The highest BCUT2D eigenvalue weighted by atomic mass is 16.6. The first kappa shape index (κ1) is 23.3. The molecule has 0 unspecified atom stereocenters. The van der Waals surface area contributed by atoms with Gasteiger partial charge in [-0.05, 0) is 43.1 Å². The van der Waals surface area contributed by atoms with Gasteiger partial charge in [-0.1, -0.05) is 72.8 Å². The van der Waals surface area contributed by atoms with Gasteiger partial charge in [0, 0.05) is 12.3 Å². The lowest BCUT2D eigenvalue weighted by Crippen LogP contribution is -2.37. The van der Waals surface area contributed by atoms with Crippen molar-refractivity contribution < 1.29 is 20.1 Å². The molecule has 5 aromatic carbocycles. The van der Waals surface area contributed by atoms with Crippen LogP contribution in [0.3, 0.4) is 0 Å².